The summed E-state index contributed by atoms with van der Waals surface area (Å²) in [5.41, 5.74) is 1.50. The van der Waals surface area contributed by atoms with E-state index in [2.05, 4.69) is 13.8 Å². The molecule has 19 heavy (non-hydrogen) atoms. The molecule has 0 radical (unpaired) electrons. The van der Waals surface area contributed by atoms with E-state index in [1.165, 1.54) is 25.7 Å². The molecule has 0 aliphatic rings. The van der Waals surface area contributed by atoms with Gasteiger partial charge in [-0.15, -0.1) is 0 Å². The summed E-state index contributed by atoms with van der Waals surface area (Å²) in [6, 6.07) is 7.49. The van der Waals surface area contributed by atoms with Crippen molar-refractivity contribution in [3.05, 3.63) is 35.4 Å². The van der Waals surface area contributed by atoms with Gasteiger partial charge in [-0.1, -0.05) is 64.2 Å². The van der Waals surface area contributed by atoms with Gasteiger partial charge in [0, 0.05) is 0 Å². The van der Waals surface area contributed by atoms with Crippen LogP contribution < -0.4 is 0 Å². The Kier molecular flexibility index (Phi) is 7.24. The SMILES string of the molecule is CCCCCCC(CCC)c1ccccc1C(=O)O. The summed E-state index contributed by atoms with van der Waals surface area (Å²) in [5.74, 6) is -0.403. The molecular weight excluding hydrogens is 236 g/mol. The summed E-state index contributed by atoms with van der Waals surface area (Å²) in [6.45, 7) is 4.38. The lowest BCUT2D eigenvalue weighted by Gasteiger charge is -2.18. The Bertz CT molecular complexity index is 385. The van der Waals surface area contributed by atoms with E-state index in [0.717, 1.165) is 24.8 Å². The molecular formula is C17H26O2. The van der Waals surface area contributed by atoms with Crippen LogP contribution in [0.25, 0.3) is 0 Å². The maximum absolute atomic E-state index is 11.3. The number of carboxylic acid groups (broad SMARTS) is 1. The third-order valence-electron chi connectivity index (χ3n) is 3.67. The van der Waals surface area contributed by atoms with E-state index in [1.54, 1.807) is 6.07 Å². The summed E-state index contributed by atoms with van der Waals surface area (Å²) in [7, 11) is 0. The maximum atomic E-state index is 11.3. The van der Waals surface area contributed by atoms with E-state index >= 15 is 0 Å². The van der Waals surface area contributed by atoms with Gasteiger partial charge in [-0.2, -0.15) is 0 Å². The van der Waals surface area contributed by atoms with Gasteiger partial charge < -0.3 is 5.11 Å². The summed E-state index contributed by atoms with van der Waals surface area (Å²) < 4.78 is 0. The second-order valence-corrected chi connectivity index (χ2v) is 5.23. The van der Waals surface area contributed by atoms with Crippen LogP contribution in [0.3, 0.4) is 0 Å². The maximum Gasteiger partial charge on any atom is 0.335 e. The Morgan fingerprint density at radius 3 is 2.42 bits per heavy atom. The highest BCUT2D eigenvalue weighted by Gasteiger charge is 2.17. The molecule has 0 fully saturated rings. The number of carboxylic acids is 1. The van der Waals surface area contributed by atoms with Crippen LogP contribution in [0.2, 0.25) is 0 Å². The summed E-state index contributed by atoms with van der Waals surface area (Å²) in [6.07, 6.45) is 8.27. The first-order valence-corrected chi connectivity index (χ1v) is 7.52. The molecule has 106 valence electrons. The van der Waals surface area contributed by atoms with E-state index in [-0.39, 0.29) is 0 Å². The predicted octanol–water partition coefficient (Wildman–Crippen LogP) is 5.24. The van der Waals surface area contributed by atoms with Crippen LogP contribution in [-0.2, 0) is 0 Å². The highest BCUT2D eigenvalue weighted by Crippen LogP contribution is 2.30. The van der Waals surface area contributed by atoms with Crippen LogP contribution in [-0.4, -0.2) is 11.1 Å². The molecule has 0 spiro atoms. The molecule has 1 aromatic carbocycles. The quantitative estimate of drug-likeness (QED) is 0.618. The molecule has 1 rings (SSSR count). The number of rotatable bonds is 9. The highest BCUT2D eigenvalue weighted by atomic mass is 16.4. The minimum Gasteiger partial charge on any atom is -0.478 e. The minimum atomic E-state index is -0.801. The van der Waals surface area contributed by atoms with Crippen molar-refractivity contribution in [3.63, 3.8) is 0 Å². The van der Waals surface area contributed by atoms with E-state index in [9.17, 15) is 9.90 Å². The summed E-state index contributed by atoms with van der Waals surface area (Å²) in [4.78, 5) is 11.3. The van der Waals surface area contributed by atoms with Crippen molar-refractivity contribution in [2.24, 2.45) is 0 Å². The van der Waals surface area contributed by atoms with Crippen molar-refractivity contribution in [3.8, 4) is 0 Å². The van der Waals surface area contributed by atoms with Crippen LogP contribution >= 0.6 is 0 Å². The van der Waals surface area contributed by atoms with Crippen LogP contribution in [0, 0.1) is 0 Å². The molecule has 0 saturated heterocycles. The third-order valence-corrected chi connectivity index (χ3v) is 3.67. The summed E-state index contributed by atoms with van der Waals surface area (Å²) >= 11 is 0. The summed E-state index contributed by atoms with van der Waals surface area (Å²) in [5, 5.41) is 9.29. The number of carbonyl (C=O) groups is 1. The fraction of sp³-hybridized carbons (Fsp3) is 0.588. The average Bonchev–Trinajstić information content (AvgIpc) is 2.42. The zero-order valence-electron chi connectivity index (χ0n) is 12.2. The lowest BCUT2D eigenvalue weighted by molar-refractivity contribution is 0.0695. The van der Waals surface area contributed by atoms with Crippen molar-refractivity contribution >= 4 is 5.97 Å². The van der Waals surface area contributed by atoms with Gasteiger partial charge in [0.05, 0.1) is 5.56 Å². The first-order valence-electron chi connectivity index (χ1n) is 7.52. The van der Waals surface area contributed by atoms with Gasteiger partial charge in [0.1, 0.15) is 0 Å². The topological polar surface area (TPSA) is 37.3 Å². The molecule has 0 aromatic heterocycles. The average molecular weight is 262 g/mol. The Hall–Kier alpha value is -1.31. The van der Waals surface area contributed by atoms with Crippen molar-refractivity contribution in [1.82, 2.24) is 0 Å². The number of hydrogen-bond acceptors (Lipinski definition) is 1. The van der Waals surface area contributed by atoms with E-state index in [0.29, 0.717) is 11.5 Å². The Morgan fingerprint density at radius 1 is 1.05 bits per heavy atom. The van der Waals surface area contributed by atoms with Gasteiger partial charge in [0.25, 0.3) is 0 Å². The van der Waals surface area contributed by atoms with Gasteiger partial charge in [0.15, 0.2) is 0 Å². The lowest BCUT2D eigenvalue weighted by Crippen LogP contribution is -2.07. The van der Waals surface area contributed by atoms with Crippen molar-refractivity contribution < 1.29 is 9.90 Å². The number of benzene rings is 1. The van der Waals surface area contributed by atoms with Gasteiger partial charge in [-0.05, 0) is 30.4 Å². The first-order chi connectivity index (χ1) is 9.20. The largest absolute Gasteiger partial charge is 0.478 e. The van der Waals surface area contributed by atoms with Gasteiger partial charge >= 0.3 is 5.97 Å². The number of aromatic carboxylic acids is 1. The first kappa shape index (κ1) is 15.7. The van der Waals surface area contributed by atoms with Crippen molar-refractivity contribution in [2.75, 3.05) is 0 Å². The molecule has 2 nitrogen and oxygen atoms in total. The van der Waals surface area contributed by atoms with Gasteiger partial charge in [-0.25, -0.2) is 4.79 Å². The monoisotopic (exact) mass is 262 g/mol. The molecule has 1 unspecified atom stereocenters. The number of hydrogen-bond donors (Lipinski definition) is 1. The van der Waals surface area contributed by atoms with Crippen molar-refractivity contribution in [1.29, 1.82) is 0 Å². The lowest BCUT2D eigenvalue weighted by atomic mass is 9.86. The van der Waals surface area contributed by atoms with E-state index in [1.807, 2.05) is 18.2 Å². The van der Waals surface area contributed by atoms with Crippen LogP contribution in [0.4, 0.5) is 0 Å². The molecule has 0 heterocycles. The second kappa shape index (κ2) is 8.73. The Labute approximate surface area is 116 Å². The molecule has 1 aromatic rings. The smallest absolute Gasteiger partial charge is 0.335 e. The Morgan fingerprint density at radius 2 is 1.79 bits per heavy atom. The standard InChI is InChI=1S/C17H26O2/c1-3-5-6-7-11-14(10-4-2)15-12-8-9-13-16(15)17(18)19/h8-9,12-14H,3-7,10-11H2,1-2H3,(H,18,19). The van der Waals surface area contributed by atoms with E-state index < -0.39 is 5.97 Å². The number of unbranched alkanes of at least 4 members (excludes halogenated alkanes) is 3. The van der Waals surface area contributed by atoms with Gasteiger partial charge in [0.2, 0.25) is 0 Å². The Balaban J connectivity index is 2.77. The van der Waals surface area contributed by atoms with Crippen LogP contribution in [0.1, 0.15) is 80.6 Å². The fourth-order valence-electron chi connectivity index (χ4n) is 2.67. The highest BCUT2D eigenvalue weighted by molar-refractivity contribution is 5.89. The molecule has 0 saturated carbocycles. The van der Waals surface area contributed by atoms with Gasteiger partial charge in [-0.3, -0.25) is 0 Å². The molecule has 1 N–H and O–H groups in total. The second-order valence-electron chi connectivity index (χ2n) is 5.23. The molecule has 1 atom stereocenters. The molecule has 0 aliphatic heterocycles. The van der Waals surface area contributed by atoms with Crippen LogP contribution in [0.15, 0.2) is 24.3 Å². The molecule has 2 heteroatoms. The fourth-order valence-corrected chi connectivity index (χ4v) is 2.67. The minimum absolute atomic E-state index is 0.397. The van der Waals surface area contributed by atoms with Crippen molar-refractivity contribution in [2.45, 2.75) is 64.7 Å². The predicted molar refractivity (Wildman–Crippen MR) is 79.8 cm³/mol. The zero-order valence-corrected chi connectivity index (χ0v) is 12.2. The van der Waals surface area contributed by atoms with Crippen LogP contribution in [0.5, 0.6) is 0 Å². The normalized spacial score (nSPS) is 12.3. The molecule has 0 bridgehead atoms. The molecule has 0 aliphatic carbocycles. The molecule has 0 amide bonds. The third kappa shape index (κ3) is 5.06. The zero-order chi connectivity index (χ0) is 14.1. The van der Waals surface area contributed by atoms with E-state index in [4.69, 9.17) is 0 Å².